The van der Waals surface area contributed by atoms with Gasteiger partial charge in [0.25, 0.3) is 0 Å². The van der Waals surface area contributed by atoms with Crippen molar-refractivity contribution in [2.24, 2.45) is 0 Å². The second-order valence-corrected chi connectivity index (χ2v) is 5.54. The first kappa shape index (κ1) is 18.2. The Morgan fingerprint density at radius 2 is 1.48 bits per heavy atom. The fourth-order valence-corrected chi connectivity index (χ4v) is 2.33. The predicted octanol–water partition coefficient (Wildman–Crippen LogP) is 1.39. The molecule has 25 heavy (non-hydrogen) atoms. The molecular formula is C19H21N3O3. The predicted molar refractivity (Wildman–Crippen MR) is 95.5 cm³/mol. The molecule has 0 spiro atoms. The second kappa shape index (κ2) is 8.63. The maximum atomic E-state index is 11.9. The van der Waals surface area contributed by atoms with E-state index in [-0.39, 0.29) is 18.5 Å². The molecular weight excluding hydrogens is 318 g/mol. The molecule has 0 aliphatic heterocycles. The highest BCUT2D eigenvalue weighted by molar-refractivity contribution is 6.35. The van der Waals surface area contributed by atoms with Crippen LogP contribution in [0.15, 0.2) is 54.6 Å². The first-order chi connectivity index (χ1) is 12.0. The summed E-state index contributed by atoms with van der Waals surface area (Å²) < 4.78 is 0. The van der Waals surface area contributed by atoms with Crippen LogP contribution in [0.5, 0.6) is 0 Å². The molecule has 0 aliphatic carbocycles. The summed E-state index contributed by atoms with van der Waals surface area (Å²) in [6.07, 6.45) is 0. The van der Waals surface area contributed by atoms with Gasteiger partial charge in [0.15, 0.2) is 0 Å². The number of carbonyl (C=O) groups is 3. The van der Waals surface area contributed by atoms with Crippen LogP contribution in [0.1, 0.15) is 18.5 Å². The van der Waals surface area contributed by atoms with Gasteiger partial charge < -0.3 is 16.0 Å². The van der Waals surface area contributed by atoms with Crippen LogP contribution in [0.2, 0.25) is 0 Å². The van der Waals surface area contributed by atoms with E-state index in [9.17, 15) is 14.4 Å². The molecule has 2 aromatic rings. The van der Waals surface area contributed by atoms with Gasteiger partial charge in [0, 0.05) is 7.05 Å². The molecule has 2 aromatic carbocycles. The first-order valence-corrected chi connectivity index (χ1v) is 7.96. The van der Waals surface area contributed by atoms with E-state index in [1.54, 1.807) is 0 Å². The van der Waals surface area contributed by atoms with Gasteiger partial charge in [0.05, 0.1) is 12.6 Å². The Bertz CT molecular complexity index is 742. The Labute approximate surface area is 146 Å². The van der Waals surface area contributed by atoms with Crippen LogP contribution >= 0.6 is 0 Å². The van der Waals surface area contributed by atoms with E-state index in [1.807, 2.05) is 61.5 Å². The van der Waals surface area contributed by atoms with Gasteiger partial charge in [-0.15, -0.1) is 0 Å². The van der Waals surface area contributed by atoms with E-state index >= 15 is 0 Å². The summed E-state index contributed by atoms with van der Waals surface area (Å²) in [6.45, 7) is 1.61. The summed E-state index contributed by atoms with van der Waals surface area (Å²) >= 11 is 0. The largest absolute Gasteiger partial charge is 0.351 e. The third kappa shape index (κ3) is 5.17. The number of carbonyl (C=O) groups excluding carboxylic acids is 3. The van der Waals surface area contributed by atoms with Gasteiger partial charge in [-0.05, 0) is 23.6 Å². The van der Waals surface area contributed by atoms with Crippen LogP contribution < -0.4 is 16.0 Å². The number of hydrogen-bond donors (Lipinski definition) is 3. The molecule has 0 saturated carbocycles. The molecule has 130 valence electrons. The maximum absolute atomic E-state index is 11.9. The standard InChI is InChI=1S/C19H21N3O3/c1-13(22-17(23)12-21-19(25)18(24)20-2)14-8-10-16(11-9-14)15-6-4-3-5-7-15/h3-11,13H,12H2,1-2H3,(H,20,24)(H,21,25)(H,22,23)/t13-/m1/s1. The van der Waals surface area contributed by atoms with E-state index in [2.05, 4.69) is 16.0 Å². The molecule has 6 nitrogen and oxygen atoms in total. The van der Waals surface area contributed by atoms with Crippen LogP contribution in [0.25, 0.3) is 11.1 Å². The average molecular weight is 339 g/mol. The molecule has 0 radical (unpaired) electrons. The number of hydrogen-bond acceptors (Lipinski definition) is 3. The van der Waals surface area contributed by atoms with Crippen molar-refractivity contribution in [2.45, 2.75) is 13.0 Å². The van der Waals surface area contributed by atoms with Crippen molar-refractivity contribution in [1.82, 2.24) is 16.0 Å². The highest BCUT2D eigenvalue weighted by atomic mass is 16.2. The molecule has 6 heteroatoms. The lowest BCUT2D eigenvalue weighted by Gasteiger charge is -2.15. The summed E-state index contributed by atoms with van der Waals surface area (Å²) in [4.78, 5) is 34.2. The van der Waals surface area contributed by atoms with Crippen molar-refractivity contribution in [3.63, 3.8) is 0 Å². The van der Waals surface area contributed by atoms with Crippen LogP contribution in [-0.4, -0.2) is 31.3 Å². The second-order valence-electron chi connectivity index (χ2n) is 5.54. The molecule has 3 amide bonds. The zero-order chi connectivity index (χ0) is 18.2. The number of rotatable bonds is 5. The van der Waals surface area contributed by atoms with Crippen molar-refractivity contribution in [3.8, 4) is 11.1 Å². The number of likely N-dealkylation sites (N-methyl/N-ethyl adjacent to an activating group) is 1. The van der Waals surface area contributed by atoms with Gasteiger partial charge in [0.1, 0.15) is 0 Å². The lowest BCUT2D eigenvalue weighted by Crippen LogP contribution is -2.43. The Morgan fingerprint density at radius 1 is 0.880 bits per heavy atom. The third-order valence-electron chi connectivity index (χ3n) is 3.74. The van der Waals surface area contributed by atoms with E-state index in [1.165, 1.54) is 7.05 Å². The van der Waals surface area contributed by atoms with Crippen molar-refractivity contribution < 1.29 is 14.4 Å². The fraction of sp³-hybridized carbons (Fsp3) is 0.211. The smallest absolute Gasteiger partial charge is 0.309 e. The zero-order valence-corrected chi connectivity index (χ0v) is 14.2. The Balaban J connectivity index is 1.90. The Morgan fingerprint density at radius 3 is 2.08 bits per heavy atom. The monoisotopic (exact) mass is 339 g/mol. The van der Waals surface area contributed by atoms with Crippen molar-refractivity contribution in [3.05, 3.63) is 60.2 Å². The SMILES string of the molecule is CNC(=O)C(=O)NCC(=O)N[C@H](C)c1ccc(-c2ccccc2)cc1. The molecule has 3 N–H and O–H groups in total. The average Bonchev–Trinajstić information content (AvgIpc) is 2.66. The minimum Gasteiger partial charge on any atom is -0.351 e. The quantitative estimate of drug-likeness (QED) is 0.720. The van der Waals surface area contributed by atoms with E-state index in [0.29, 0.717) is 0 Å². The summed E-state index contributed by atoms with van der Waals surface area (Å²) in [6, 6.07) is 17.7. The van der Waals surface area contributed by atoms with Crippen LogP contribution in [0.3, 0.4) is 0 Å². The van der Waals surface area contributed by atoms with E-state index in [0.717, 1.165) is 16.7 Å². The summed E-state index contributed by atoms with van der Waals surface area (Å²) in [5.74, 6) is -1.98. The summed E-state index contributed by atoms with van der Waals surface area (Å²) in [5.41, 5.74) is 3.18. The molecule has 0 heterocycles. The topological polar surface area (TPSA) is 87.3 Å². The van der Waals surface area contributed by atoms with E-state index in [4.69, 9.17) is 0 Å². The summed E-state index contributed by atoms with van der Waals surface area (Å²) in [7, 11) is 1.35. The molecule has 0 bridgehead atoms. The molecule has 0 saturated heterocycles. The number of benzene rings is 2. The molecule has 2 rings (SSSR count). The molecule has 0 unspecified atom stereocenters. The fourth-order valence-electron chi connectivity index (χ4n) is 2.33. The van der Waals surface area contributed by atoms with Crippen molar-refractivity contribution >= 4 is 17.7 Å². The van der Waals surface area contributed by atoms with Gasteiger partial charge in [-0.25, -0.2) is 0 Å². The number of nitrogens with one attached hydrogen (secondary N) is 3. The molecule has 1 atom stereocenters. The first-order valence-electron chi connectivity index (χ1n) is 7.96. The maximum Gasteiger partial charge on any atom is 0.309 e. The van der Waals surface area contributed by atoms with Crippen molar-refractivity contribution in [2.75, 3.05) is 13.6 Å². The Kier molecular flexibility index (Phi) is 6.28. The normalized spacial score (nSPS) is 11.3. The van der Waals surface area contributed by atoms with Crippen LogP contribution in [0, 0.1) is 0 Å². The lowest BCUT2D eigenvalue weighted by atomic mass is 10.0. The zero-order valence-electron chi connectivity index (χ0n) is 14.2. The summed E-state index contributed by atoms with van der Waals surface area (Å²) in [5, 5.41) is 7.23. The molecule has 0 aromatic heterocycles. The number of amides is 3. The highest BCUT2D eigenvalue weighted by Gasteiger charge is 2.14. The lowest BCUT2D eigenvalue weighted by molar-refractivity contribution is -0.139. The van der Waals surface area contributed by atoms with Crippen LogP contribution in [-0.2, 0) is 14.4 Å². The van der Waals surface area contributed by atoms with Gasteiger partial charge in [0.2, 0.25) is 5.91 Å². The molecule has 0 fully saturated rings. The minimum atomic E-state index is -0.836. The highest BCUT2D eigenvalue weighted by Crippen LogP contribution is 2.21. The molecule has 0 aliphatic rings. The van der Waals surface area contributed by atoms with Gasteiger partial charge in [-0.2, -0.15) is 0 Å². The third-order valence-corrected chi connectivity index (χ3v) is 3.74. The van der Waals surface area contributed by atoms with Crippen LogP contribution in [0.4, 0.5) is 0 Å². The van der Waals surface area contributed by atoms with Gasteiger partial charge in [-0.1, -0.05) is 54.6 Å². The van der Waals surface area contributed by atoms with Gasteiger partial charge >= 0.3 is 11.8 Å². The van der Waals surface area contributed by atoms with Crippen molar-refractivity contribution in [1.29, 1.82) is 0 Å². The Hall–Kier alpha value is -3.15. The van der Waals surface area contributed by atoms with Gasteiger partial charge in [-0.3, -0.25) is 14.4 Å². The van der Waals surface area contributed by atoms with E-state index < -0.39 is 11.8 Å². The minimum absolute atomic E-state index is 0.214.